The number of hydrogen-bond acceptors (Lipinski definition) is 7. The largest absolute Gasteiger partial charge is 0.487 e. The van der Waals surface area contributed by atoms with E-state index in [2.05, 4.69) is 15.4 Å². The van der Waals surface area contributed by atoms with Gasteiger partial charge in [0.15, 0.2) is 0 Å². The van der Waals surface area contributed by atoms with E-state index in [1.807, 2.05) is 42.6 Å². The Morgan fingerprint density at radius 2 is 1.97 bits per heavy atom. The van der Waals surface area contributed by atoms with Crippen LogP contribution in [0.2, 0.25) is 0 Å². The number of carbonyl (C=O) groups is 1. The van der Waals surface area contributed by atoms with Crippen LogP contribution in [0.5, 0.6) is 5.75 Å². The molecular weight excluding hydrogens is 456 g/mol. The molecule has 0 saturated heterocycles. The highest BCUT2D eigenvalue weighted by atomic mass is 32.1. The van der Waals surface area contributed by atoms with Crippen LogP contribution in [0, 0.1) is 6.92 Å². The van der Waals surface area contributed by atoms with Crippen LogP contribution in [0.1, 0.15) is 20.9 Å². The molecule has 0 radical (unpaired) electrons. The summed E-state index contributed by atoms with van der Waals surface area (Å²) in [6, 6.07) is 16.5. The van der Waals surface area contributed by atoms with E-state index in [-0.39, 0.29) is 5.56 Å². The van der Waals surface area contributed by atoms with Crippen molar-refractivity contribution in [2.75, 3.05) is 5.43 Å². The second kappa shape index (κ2) is 8.97. The monoisotopic (exact) mass is 474 g/mol. The number of hydrogen-bond donors (Lipinski definition) is 1. The van der Waals surface area contributed by atoms with E-state index in [1.54, 1.807) is 29.8 Å². The number of ether oxygens (including phenoxy) is 1. The first-order valence-corrected chi connectivity index (χ1v) is 11.8. The fourth-order valence-electron chi connectivity index (χ4n) is 3.50. The minimum Gasteiger partial charge on any atom is -0.487 e. The third kappa shape index (κ3) is 4.28. The number of aryl methyl sites for hydroxylation is 1. The Balaban J connectivity index is 1.42. The van der Waals surface area contributed by atoms with Crippen molar-refractivity contribution in [1.29, 1.82) is 0 Å². The highest BCUT2D eigenvalue weighted by molar-refractivity contribution is 7.19. The van der Waals surface area contributed by atoms with Gasteiger partial charge in [-0.1, -0.05) is 36.4 Å². The first-order chi connectivity index (χ1) is 16.1. The Kier molecular flexibility index (Phi) is 5.72. The van der Waals surface area contributed by atoms with Crippen LogP contribution in [0.15, 0.2) is 76.6 Å². The number of aromatic nitrogens is 3. The van der Waals surface area contributed by atoms with Crippen molar-refractivity contribution in [3.05, 3.63) is 98.3 Å². The van der Waals surface area contributed by atoms with Crippen LogP contribution in [-0.4, -0.2) is 20.6 Å². The molecule has 0 saturated carbocycles. The zero-order chi connectivity index (χ0) is 22.8. The third-order valence-electron chi connectivity index (χ3n) is 5.04. The van der Waals surface area contributed by atoms with Crippen LogP contribution in [0.4, 0.5) is 0 Å². The molecule has 0 atom stereocenters. The van der Waals surface area contributed by atoms with E-state index in [9.17, 15) is 9.59 Å². The molecule has 3 heterocycles. The molecule has 1 amide bonds. The Morgan fingerprint density at radius 1 is 1.12 bits per heavy atom. The summed E-state index contributed by atoms with van der Waals surface area (Å²) in [6.07, 6.45) is 1.34. The van der Waals surface area contributed by atoms with Crippen molar-refractivity contribution < 1.29 is 9.53 Å². The van der Waals surface area contributed by atoms with Gasteiger partial charge in [-0.05, 0) is 30.7 Å². The van der Waals surface area contributed by atoms with Gasteiger partial charge < -0.3 is 4.74 Å². The maximum absolute atomic E-state index is 13.3. The molecule has 0 aliphatic carbocycles. The average Bonchev–Trinajstić information content (AvgIpc) is 3.48. The van der Waals surface area contributed by atoms with E-state index in [0.29, 0.717) is 28.1 Å². The van der Waals surface area contributed by atoms with E-state index in [1.165, 1.54) is 29.0 Å². The number of thiophene rings is 1. The Bertz CT molecular complexity index is 1490. The molecule has 33 heavy (non-hydrogen) atoms. The molecule has 9 heteroatoms. The number of amides is 1. The summed E-state index contributed by atoms with van der Waals surface area (Å²) in [4.78, 5) is 36.4. The fraction of sp³-hybridized carbons (Fsp3) is 0.0833. The Morgan fingerprint density at radius 3 is 2.76 bits per heavy atom. The van der Waals surface area contributed by atoms with Crippen molar-refractivity contribution >= 4 is 38.8 Å². The molecule has 5 rings (SSSR count). The van der Waals surface area contributed by atoms with Crippen molar-refractivity contribution in [1.82, 2.24) is 14.6 Å². The van der Waals surface area contributed by atoms with E-state index < -0.39 is 5.91 Å². The second-order valence-electron chi connectivity index (χ2n) is 7.24. The highest BCUT2D eigenvalue weighted by Gasteiger charge is 2.18. The molecule has 0 aliphatic heterocycles. The molecule has 0 fully saturated rings. The minimum absolute atomic E-state index is 0.314. The van der Waals surface area contributed by atoms with Crippen LogP contribution >= 0.6 is 22.7 Å². The molecule has 5 aromatic rings. The fourth-order valence-corrected chi connectivity index (χ4v) is 5.05. The van der Waals surface area contributed by atoms with Crippen LogP contribution < -0.4 is 15.7 Å². The van der Waals surface area contributed by atoms with Gasteiger partial charge in [-0.15, -0.1) is 22.7 Å². The van der Waals surface area contributed by atoms with Gasteiger partial charge in [0.2, 0.25) is 0 Å². The first-order valence-electron chi connectivity index (χ1n) is 10.1. The molecule has 0 bridgehead atoms. The lowest BCUT2D eigenvalue weighted by atomic mass is 10.0. The molecular formula is C24H18N4O3S2. The van der Waals surface area contributed by atoms with Crippen molar-refractivity contribution in [3.63, 3.8) is 0 Å². The van der Waals surface area contributed by atoms with Crippen molar-refractivity contribution in [3.8, 4) is 16.9 Å². The van der Waals surface area contributed by atoms with E-state index >= 15 is 0 Å². The molecule has 1 N–H and O–H groups in total. The van der Waals surface area contributed by atoms with Gasteiger partial charge in [0.25, 0.3) is 11.5 Å². The Hall–Kier alpha value is -3.82. The van der Waals surface area contributed by atoms with Gasteiger partial charge in [-0.3, -0.25) is 15.0 Å². The SMILES string of the molecule is Cc1sc2ncn(NC(=O)c3cccc(OCc4cscn4)c3)c(=O)c2c1-c1ccccc1. The maximum Gasteiger partial charge on any atom is 0.281 e. The van der Waals surface area contributed by atoms with E-state index in [0.717, 1.165) is 26.4 Å². The topological polar surface area (TPSA) is 86.1 Å². The number of fused-ring (bicyclic) bond motifs is 1. The number of benzene rings is 2. The second-order valence-corrected chi connectivity index (χ2v) is 9.16. The van der Waals surface area contributed by atoms with E-state index in [4.69, 9.17) is 4.74 Å². The number of thiazole rings is 1. The van der Waals surface area contributed by atoms with Gasteiger partial charge in [0.05, 0.1) is 16.6 Å². The average molecular weight is 475 g/mol. The van der Waals surface area contributed by atoms with Crippen LogP contribution in [0.25, 0.3) is 21.3 Å². The summed E-state index contributed by atoms with van der Waals surface area (Å²) in [5.74, 6) is 0.0990. The smallest absolute Gasteiger partial charge is 0.281 e. The summed E-state index contributed by atoms with van der Waals surface area (Å²) in [7, 11) is 0. The number of rotatable bonds is 6. The van der Waals surface area contributed by atoms with Gasteiger partial charge in [0, 0.05) is 21.4 Å². The molecule has 0 spiro atoms. The van der Waals surface area contributed by atoms with Crippen LogP contribution in [-0.2, 0) is 6.61 Å². The summed E-state index contributed by atoms with van der Waals surface area (Å²) >= 11 is 2.95. The lowest BCUT2D eigenvalue weighted by Gasteiger charge is -2.10. The molecule has 7 nitrogen and oxygen atoms in total. The Labute approximate surface area is 196 Å². The quantitative estimate of drug-likeness (QED) is 0.380. The van der Waals surface area contributed by atoms with Gasteiger partial charge in [-0.25, -0.2) is 14.6 Å². The maximum atomic E-state index is 13.3. The summed E-state index contributed by atoms with van der Waals surface area (Å²) in [5, 5.41) is 2.40. The van der Waals surface area contributed by atoms with Gasteiger partial charge in [0.1, 0.15) is 23.5 Å². The van der Waals surface area contributed by atoms with Gasteiger partial charge >= 0.3 is 0 Å². The third-order valence-corrected chi connectivity index (χ3v) is 6.69. The minimum atomic E-state index is -0.439. The normalized spacial score (nSPS) is 10.9. The number of nitrogens with zero attached hydrogens (tertiary/aromatic N) is 3. The lowest BCUT2D eigenvalue weighted by molar-refractivity contribution is 0.101. The first kappa shape index (κ1) is 21.0. The molecule has 3 aromatic heterocycles. The number of carbonyl (C=O) groups excluding carboxylic acids is 1. The zero-order valence-corrected chi connectivity index (χ0v) is 19.2. The zero-order valence-electron chi connectivity index (χ0n) is 17.5. The molecule has 2 aromatic carbocycles. The predicted molar refractivity (Wildman–Crippen MR) is 131 cm³/mol. The van der Waals surface area contributed by atoms with Crippen LogP contribution in [0.3, 0.4) is 0 Å². The van der Waals surface area contributed by atoms with Crippen molar-refractivity contribution in [2.24, 2.45) is 0 Å². The molecule has 0 unspecified atom stereocenters. The number of nitrogens with one attached hydrogen (secondary N) is 1. The summed E-state index contributed by atoms with van der Waals surface area (Å²) < 4.78 is 6.86. The van der Waals surface area contributed by atoms with Crippen molar-refractivity contribution in [2.45, 2.75) is 13.5 Å². The molecule has 164 valence electrons. The predicted octanol–water partition coefficient (Wildman–Crippen LogP) is 4.85. The van der Waals surface area contributed by atoms with Gasteiger partial charge in [-0.2, -0.15) is 0 Å². The highest BCUT2D eigenvalue weighted by Crippen LogP contribution is 2.35. The summed E-state index contributed by atoms with van der Waals surface area (Å²) in [5.41, 5.74) is 7.02. The summed E-state index contributed by atoms with van der Waals surface area (Å²) in [6.45, 7) is 2.28. The molecule has 0 aliphatic rings. The standard InChI is InChI=1S/C24H18N4O3S2/c1-15-20(16-6-3-2-4-7-16)21-23(33-15)25-13-28(24(21)30)27-22(29)17-8-5-9-19(10-17)31-11-18-12-32-14-26-18/h2-10,12-14H,11H2,1H3,(H,27,29). The lowest BCUT2D eigenvalue weighted by Crippen LogP contribution is -2.33.